The van der Waals surface area contributed by atoms with Crippen LogP contribution in [0.4, 0.5) is 10.1 Å². The molecule has 0 fully saturated rings. The molecule has 0 aliphatic carbocycles. The van der Waals surface area contributed by atoms with Crippen LogP contribution < -0.4 is 0 Å². The Balaban J connectivity index is 1.88. The highest BCUT2D eigenvalue weighted by Crippen LogP contribution is 2.28. The molecule has 3 aromatic rings. The average Bonchev–Trinajstić information content (AvgIpc) is 2.93. The van der Waals surface area contributed by atoms with Crippen molar-refractivity contribution in [2.24, 2.45) is 0 Å². The molecular weight excluding hydrogens is 327 g/mol. The van der Waals surface area contributed by atoms with Crippen LogP contribution in [0, 0.1) is 22.9 Å². The van der Waals surface area contributed by atoms with Gasteiger partial charge in [0.15, 0.2) is 17.2 Å². The van der Waals surface area contributed by atoms with Gasteiger partial charge >= 0.3 is 0 Å². The van der Waals surface area contributed by atoms with Gasteiger partial charge in [0, 0.05) is 36.7 Å². The van der Waals surface area contributed by atoms with Crippen molar-refractivity contribution in [2.45, 2.75) is 13.5 Å². The smallest absolute Gasteiger partial charge is 0.289 e. The molecule has 0 unspecified atom stereocenters. The highest BCUT2D eigenvalue weighted by atomic mass is 19.1. The fourth-order valence-corrected chi connectivity index (χ4v) is 2.70. The molecule has 1 heterocycles. The lowest BCUT2D eigenvalue weighted by Gasteiger charge is -2.16. The van der Waals surface area contributed by atoms with Crippen molar-refractivity contribution in [1.29, 1.82) is 0 Å². The Kier molecular flexibility index (Phi) is 4.22. The SMILES string of the molecule is Cc1c(C(=O)N(C)Cc2cccc([N+](=O)[O-])c2)oc2c(F)cccc12. The molecule has 0 bridgehead atoms. The minimum atomic E-state index is -0.527. The summed E-state index contributed by atoms with van der Waals surface area (Å²) in [6, 6.07) is 10.6. The molecule has 0 atom stereocenters. The van der Waals surface area contributed by atoms with E-state index in [1.807, 2.05) is 0 Å². The van der Waals surface area contributed by atoms with Crippen LogP contribution in [0.3, 0.4) is 0 Å². The molecule has 25 heavy (non-hydrogen) atoms. The van der Waals surface area contributed by atoms with E-state index in [2.05, 4.69) is 0 Å². The van der Waals surface area contributed by atoms with Crippen molar-refractivity contribution < 1.29 is 18.5 Å². The number of nitro groups is 1. The van der Waals surface area contributed by atoms with E-state index in [9.17, 15) is 19.3 Å². The van der Waals surface area contributed by atoms with Crippen molar-refractivity contribution in [3.63, 3.8) is 0 Å². The standard InChI is InChI=1S/C18H15FN2O4/c1-11-14-7-4-8-15(19)17(14)25-16(11)18(22)20(2)10-12-5-3-6-13(9-12)21(23)24/h3-9H,10H2,1-2H3. The van der Waals surface area contributed by atoms with Crippen LogP contribution in [0.25, 0.3) is 11.0 Å². The molecule has 1 amide bonds. The highest BCUT2D eigenvalue weighted by molar-refractivity contribution is 5.98. The summed E-state index contributed by atoms with van der Waals surface area (Å²) >= 11 is 0. The summed E-state index contributed by atoms with van der Waals surface area (Å²) in [7, 11) is 1.56. The van der Waals surface area contributed by atoms with Gasteiger partial charge in [0.2, 0.25) is 0 Å². The molecule has 0 saturated heterocycles. The summed E-state index contributed by atoms with van der Waals surface area (Å²) in [6.07, 6.45) is 0. The number of nitrogens with zero attached hydrogens (tertiary/aromatic N) is 2. The van der Waals surface area contributed by atoms with E-state index in [1.165, 1.54) is 23.1 Å². The number of halogens is 1. The molecule has 1 aromatic heterocycles. The Morgan fingerprint density at radius 1 is 1.28 bits per heavy atom. The number of rotatable bonds is 4. The largest absolute Gasteiger partial charge is 0.448 e. The summed E-state index contributed by atoms with van der Waals surface area (Å²) in [6.45, 7) is 1.86. The lowest BCUT2D eigenvalue weighted by Crippen LogP contribution is -2.26. The number of nitro benzene ring substituents is 1. The van der Waals surface area contributed by atoms with Gasteiger partial charge in [-0.1, -0.05) is 24.3 Å². The van der Waals surface area contributed by atoms with E-state index < -0.39 is 16.6 Å². The zero-order chi connectivity index (χ0) is 18.1. The van der Waals surface area contributed by atoms with Crippen LogP contribution >= 0.6 is 0 Å². The third-order valence-corrected chi connectivity index (χ3v) is 4.00. The van der Waals surface area contributed by atoms with Gasteiger partial charge in [-0.05, 0) is 18.6 Å². The summed E-state index contributed by atoms with van der Waals surface area (Å²) < 4.78 is 19.3. The maximum atomic E-state index is 13.8. The second-order valence-electron chi connectivity index (χ2n) is 5.76. The number of hydrogen-bond donors (Lipinski definition) is 0. The molecule has 3 rings (SSSR count). The Labute approximate surface area is 142 Å². The molecule has 0 spiro atoms. The van der Waals surface area contributed by atoms with Gasteiger partial charge in [-0.15, -0.1) is 0 Å². The van der Waals surface area contributed by atoms with Gasteiger partial charge in [0.1, 0.15) is 0 Å². The first-order valence-corrected chi connectivity index (χ1v) is 7.55. The van der Waals surface area contributed by atoms with Crippen LogP contribution in [-0.2, 0) is 6.54 Å². The van der Waals surface area contributed by atoms with E-state index in [4.69, 9.17) is 4.42 Å². The lowest BCUT2D eigenvalue weighted by molar-refractivity contribution is -0.384. The monoisotopic (exact) mass is 342 g/mol. The summed E-state index contributed by atoms with van der Waals surface area (Å²) in [5.41, 5.74) is 1.18. The molecule has 0 saturated carbocycles. The molecule has 2 aromatic carbocycles. The molecule has 0 aliphatic heterocycles. The fourth-order valence-electron chi connectivity index (χ4n) is 2.70. The predicted octanol–water partition coefficient (Wildman–Crippen LogP) is 4.06. The van der Waals surface area contributed by atoms with Crippen LogP contribution in [0.1, 0.15) is 21.7 Å². The second kappa shape index (κ2) is 6.35. The molecule has 6 nitrogen and oxygen atoms in total. The average molecular weight is 342 g/mol. The first kappa shape index (κ1) is 16.6. The van der Waals surface area contributed by atoms with Gasteiger partial charge in [-0.2, -0.15) is 0 Å². The van der Waals surface area contributed by atoms with Crippen LogP contribution in [0.5, 0.6) is 0 Å². The van der Waals surface area contributed by atoms with E-state index in [1.54, 1.807) is 38.2 Å². The number of fused-ring (bicyclic) bond motifs is 1. The number of hydrogen-bond acceptors (Lipinski definition) is 4. The number of carbonyl (C=O) groups excluding carboxylic acids is 1. The topological polar surface area (TPSA) is 76.6 Å². The predicted molar refractivity (Wildman–Crippen MR) is 89.8 cm³/mol. The van der Waals surface area contributed by atoms with E-state index >= 15 is 0 Å². The zero-order valence-corrected chi connectivity index (χ0v) is 13.7. The molecule has 0 aliphatic rings. The fraction of sp³-hybridized carbons (Fsp3) is 0.167. The van der Waals surface area contributed by atoms with Gasteiger partial charge < -0.3 is 9.32 Å². The first-order chi connectivity index (χ1) is 11.9. The van der Waals surface area contributed by atoms with Crippen molar-refractivity contribution >= 4 is 22.6 Å². The Morgan fingerprint density at radius 2 is 2.00 bits per heavy atom. The number of non-ortho nitro benzene ring substituents is 1. The number of para-hydroxylation sites is 1. The minimum absolute atomic E-state index is 0.0414. The normalized spacial score (nSPS) is 10.8. The van der Waals surface area contributed by atoms with Crippen LogP contribution in [0.15, 0.2) is 46.9 Å². The van der Waals surface area contributed by atoms with Crippen LogP contribution in [0.2, 0.25) is 0 Å². The third kappa shape index (κ3) is 3.08. The Morgan fingerprint density at radius 3 is 2.68 bits per heavy atom. The van der Waals surface area contributed by atoms with Crippen molar-refractivity contribution in [1.82, 2.24) is 4.90 Å². The summed E-state index contributed by atoms with van der Waals surface area (Å²) in [5, 5.41) is 11.4. The second-order valence-corrected chi connectivity index (χ2v) is 5.76. The number of furan rings is 1. The summed E-state index contributed by atoms with van der Waals surface area (Å²) in [4.78, 5) is 24.4. The number of amides is 1. The number of benzene rings is 2. The molecule has 7 heteroatoms. The van der Waals surface area contributed by atoms with Crippen molar-refractivity contribution in [3.05, 3.63) is 75.3 Å². The van der Waals surface area contributed by atoms with Crippen LogP contribution in [-0.4, -0.2) is 22.8 Å². The van der Waals surface area contributed by atoms with E-state index in [0.717, 1.165) is 0 Å². The highest BCUT2D eigenvalue weighted by Gasteiger charge is 2.22. The number of carbonyl (C=O) groups is 1. The van der Waals surface area contributed by atoms with Crippen molar-refractivity contribution in [3.8, 4) is 0 Å². The first-order valence-electron chi connectivity index (χ1n) is 7.55. The number of aryl methyl sites for hydroxylation is 1. The molecule has 0 N–H and O–H groups in total. The molecular formula is C18H15FN2O4. The van der Waals surface area contributed by atoms with Gasteiger partial charge in [0.05, 0.1) is 4.92 Å². The molecule has 128 valence electrons. The third-order valence-electron chi connectivity index (χ3n) is 4.00. The van der Waals surface area contributed by atoms with E-state index in [-0.39, 0.29) is 23.6 Å². The van der Waals surface area contributed by atoms with Gasteiger partial charge in [-0.3, -0.25) is 14.9 Å². The minimum Gasteiger partial charge on any atom is -0.448 e. The Bertz CT molecular complexity index is 980. The zero-order valence-electron chi connectivity index (χ0n) is 13.7. The van der Waals surface area contributed by atoms with Gasteiger partial charge in [0.25, 0.3) is 11.6 Å². The maximum Gasteiger partial charge on any atom is 0.289 e. The Hall–Kier alpha value is -3.22. The van der Waals surface area contributed by atoms with Gasteiger partial charge in [-0.25, -0.2) is 4.39 Å². The maximum absolute atomic E-state index is 13.8. The summed E-state index contributed by atoms with van der Waals surface area (Å²) in [5.74, 6) is -0.881. The lowest BCUT2D eigenvalue weighted by atomic mass is 10.1. The molecule has 0 radical (unpaired) electrons. The van der Waals surface area contributed by atoms with Crippen molar-refractivity contribution in [2.75, 3.05) is 7.05 Å². The quantitative estimate of drug-likeness (QED) is 0.529. The van der Waals surface area contributed by atoms with E-state index in [0.29, 0.717) is 16.5 Å².